The molecule has 3 aliphatic rings. The van der Waals surface area contributed by atoms with E-state index >= 15 is 0 Å². The minimum atomic E-state index is -1.03. The van der Waals surface area contributed by atoms with E-state index in [1.54, 1.807) is 0 Å². The summed E-state index contributed by atoms with van der Waals surface area (Å²) in [5.41, 5.74) is 4.02. The largest absolute Gasteiger partial charge is 0.393 e. The van der Waals surface area contributed by atoms with Crippen molar-refractivity contribution in [3.8, 4) is 0 Å². The Morgan fingerprint density at radius 2 is 1.75 bits per heavy atom. The van der Waals surface area contributed by atoms with Crippen LogP contribution < -0.4 is 0 Å². The number of aliphatic hydroxyl groups is 3. The van der Waals surface area contributed by atoms with Gasteiger partial charge in [0.25, 0.3) is 0 Å². The van der Waals surface area contributed by atoms with Gasteiger partial charge in [-0.2, -0.15) is 0 Å². The fourth-order valence-corrected chi connectivity index (χ4v) is 8.10. The maximum absolute atomic E-state index is 14.2. The number of nitrogens with zero attached hydrogens (tertiary/aromatic N) is 1. The number of allylic oxidation sites excluding steroid dienone is 2. The van der Waals surface area contributed by atoms with E-state index in [1.807, 2.05) is 66.7 Å². The molecule has 5 unspecified atom stereocenters. The Morgan fingerprint density at radius 3 is 2.48 bits per heavy atom. The van der Waals surface area contributed by atoms with Crippen LogP contribution in [0.3, 0.4) is 0 Å². The van der Waals surface area contributed by atoms with Crippen LogP contribution in [-0.4, -0.2) is 70.1 Å². The van der Waals surface area contributed by atoms with Gasteiger partial charge in [-0.3, -0.25) is 9.69 Å². The number of fused-ring (bicyclic) bond motifs is 8. The number of aliphatic hydroxyl groups excluding tert-OH is 2. The summed E-state index contributed by atoms with van der Waals surface area (Å²) in [4.78, 5) is 16.4. The lowest BCUT2D eigenvalue weighted by atomic mass is 9.64. The first kappa shape index (κ1) is 36.2. The Hall–Kier alpha value is -3.13. The third-order valence-electron chi connectivity index (χ3n) is 10.9. The molecule has 0 radical (unpaired) electrons. The van der Waals surface area contributed by atoms with Crippen LogP contribution in [-0.2, 0) is 17.8 Å². The molecular formula is C42H55NO5. The van der Waals surface area contributed by atoms with Crippen molar-refractivity contribution in [1.82, 2.24) is 4.90 Å². The second-order valence-corrected chi connectivity index (χ2v) is 14.5. The molecule has 258 valence electrons. The zero-order chi connectivity index (χ0) is 34.1. The van der Waals surface area contributed by atoms with Gasteiger partial charge in [-0.25, -0.2) is 0 Å². The highest BCUT2D eigenvalue weighted by Gasteiger charge is 2.57. The third-order valence-corrected chi connectivity index (χ3v) is 10.9. The lowest BCUT2D eigenvalue weighted by Crippen LogP contribution is -2.54. The molecule has 1 saturated carbocycles. The van der Waals surface area contributed by atoms with Crippen LogP contribution in [0, 0.1) is 5.41 Å². The molecule has 3 N–H and O–H groups in total. The van der Waals surface area contributed by atoms with E-state index in [9.17, 15) is 20.1 Å². The van der Waals surface area contributed by atoms with Crippen LogP contribution in [0.1, 0.15) is 104 Å². The van der Waals surface area contributed by atoms with E-state index in [-0.39, 0.29) is 18.3 Å². The normalized spacial score (nSPS) is 25.4. The maximum Gasteiger partial charge on any atom is 0.193 e. The highest BCUT2D eigenvalue weighted by atomic mass is 16.5. The summed E-state index contributed by atoms with van der Waals surface area (Å²) in [5.74, 6) is -0.0582. The Kier molecular flexibility index (Phi) is 12.4. The summed E-state index contributed by atoms with van der Waals surface area (Å²) in [6, 6.07) is 25.6. The first-order valence-corrected chi connectivity index (χ1v) is 17.9. The van der Waals surface area contributed by atoms with Crippen LogP contribution in [0.4, 0.5) is 0 Å². The number of rotatable bonds is 12. The molecule has 2 bridgehead atoms. The summed E-state index contributed by atoms with van der Waals surface area (Å²) in [5, 5.41) is 34.7. The molecule has 0 aliphatic heterocycles. The van der Waals surface area contributed by atoms with Crippen molar-refractivity contribution in [2.45, 2.75) is 102 Å². The van der Waals surface area contributed by atoms with E-state index in [4.69, 9.17) is 4.74 Å². The molecule has 0 spiro atoms. The molecule has 5 atom stereocenters. The van der Waals surface area contributed by atoms with Crippen molar-refractivity contribution < 1.29 is 24.9 Å². The van der Waals surface area contributed by atoms with Gasteiger partial charge in [-0.1, -0.05) is 98.3 Å². The van der Waals surface area contributed by atoms with Crippen LogP contribution in [0.25, 0.3) is 0 Å². The summed E-state index contributed by atoms with van der Waals surface area (Å²) < 4.78 is 5.87. The monoisotopic (exact) mass is 653 g/mol. The van der Waals surface area contributed by atoms with E-state index in [1.165, 1.54) is 5.57 Å². The maximum atomic E-state index is 14.2. The number of ether oxygens (including phenoxy) is 1. The quantitative estimate of drug-likeness (QED) is 0.141. The number of hydrogen-bond acceptors (Lipinski definition) is 6. The topological polar surface area (TPSA) is 90.2 Å². The van der Waals surface area contributed by atoms with Crippen molar-refractivity contribution in [3.05, 3.63) is 118 Å². The summed E-state index contributed by atoms with van der Waals surface area (Å²) in [6.45, 7) is 8.77. The van der Waals surface area contributed by atoms with Gasteiger partial charge in [0, 0.05) is 29.6 Å². The van der Waals surface area contributed by atoms with Crippen molar-refractivity contribution in [3.63, 3.8) is 0 Å². The van der Waals surface area contributed by atoms with Gasteiger partial charge in [-0.15, -0.1) is 0 Å². The minimum Gasteiger partial charge on any atom is -0.393 e. The highest BCUT2D eigenvalue weighted by molar-refractivity contribution is 6.10. The fraction of sp³-hybridized carbons (Fsp3) is 0.500. The Morgan fingerprint density at radius 1 is 1.02 bits per heavy atom. The number of benzene rings is 3. The predicted molar refractivity (Wildman–Crippen MR) is 192 cm³/mol. The van der Waals surface area contributed by atoms with Crippen molar-refractivity contribution in [1.29, 1.82) is 0 Å². The summed E-state index contributed by atoms with van der Waals surface area (Å²) in [7, 11) is 0. The molecule has 1 fully saturated rings. The van der Waals surface area contributed by atoms with Crippen molar-refractivity contribution >= 4 is 5.78 Å². The van der Waals surface area contributed by atoms with Crippen molar-refractivity contribution in [2.75, 3.05) is 26.2 Å². The zero-order valence-corrected chi connectivity index (χ0v) is 29.1. The second kappa shape index (κ2) is 16.5. The van der Waals surface area contributed by atoms with E-state index < -0.39 is 23.2 Å². The number of ketones is 1. The standard InChI is InChI=1S/C42H55NO5/c1-4-24-43(27-36(45)29-48-28-32-13-7-5-8-14-32)30-42(47)23-21-39-37-20-18-33(26-38(37)40(46)34-15-9-6-10-16-34)25-35(44)19-17-31(2)12-11-22-41(39,42)3/h5-10,12-16,18,20,26,35-36,39,44-45,47H,4,11,17,19,21-25,27-30H2,1-3H3. The average molecular weight is 654 g/mol. The Bertz CT molecular complexity index is 1510. The van der Waals surface area contributed by atoms with Gasteiger partial charge in [0.2, 0.25) is 0 Å². The van der Waals surface area contributed by atoms with E-state index in [2.05, 4.69) is 43.9 Å². The molecule has 6 nitrogen and oxygen atoms in total. The predicted octanol–water partition coefficient (Wildman–Crippen LogP) is 7.25. The molecular weight excluding hydrogens is 598 g/mol. The molecule has 48 heavy (non-hydrogen) atoms. The number of hydrogen-bond donors (Lipinski definition) is 3. The van der Waals surface area contributed by atoms with E-state index in [0.29, 0.717) is 50.1 Å². The molecule has 3 aliphatic carbocycles. The van der Waals surface area contributed by atoms with Crippen LogP contribution >= 0.6 is 0 Å². The molecule has 6 heteroatoms. The molecule has 0 saturated heterocycles. The van der Waals surface area contributed by atoms with Crippen LogP contribution in [0.15, 0.2) is 90.5 Å². The molecule has 0 heterocycles. The summed E-state index contributed by atoms with van der Waals surface area (Å²) in [6.07, 6.45) is 6.93. The lowest BCUT2D eigenvalue weighted by Gasteiger charge is -2.46. The van der Waals surface area contributed by atoms with Gasteiger partial charge in [0.05, 0.1) is 31.0 Å². The first-order valence-electron chi connectivity index (χ1n) is 17.9. The molecule has 6 rings (SSSR count). The van der Waals surface area contributed by atoms with Gasteiger partial charge < -0.3 is 20.1 Å². The zero-order valence-electron chi connectivity index (χ0n) is 29.1. The molecule has 3 aromatic rings. The molecule has 0 aromatic heterocycles. The third kappa shape index (κ3) is 8.71. The van der Waals surface area contributed by atoms with Crippen LogP contribution in [0.2, 0.25) is 0 Å². The van der Waals surface area contributed by atoms with Gasteiger partial charge in [-0.05, 0) is 93.5 Å². The lowest BCUT2D eigenvalue weighted by molar-refractivity contribution is -0.0906. The van der Waals surface area contributed by atoms with Crippen LogP contribution in [0.5, 0.6) is 0 Å². The Balaban J connectivity index is 1.44. The van der Waals surface area contributed by atoms with E-state index in [0.717, 1.165) is 55.3 Å². The number of carbonyl (C=O) groups is 1. The Labute approximate surface area is 287 Å². The minimum absolute atomic E-state index is 0.0196. The molecule has 0 amide bonds. The average Bonchev–Trinajstić information content (AvgIpc) is 3.33. The SMILES string of the molecule is CCCN(CC(O)COCc1ccccc1)CC1(O)CCC2c3ccc(cc3C(=O)c3ccccc3)CC(O)CCC(C)=CCCC21C. The summed E-state index contributed by atoms with van der Waals surface area (Å²) >= 11 is 0. The van der Waals surface area contributed by atoms with Gasteiger partial charge in [0.1, 0.15) is 0 Å². The molecule has 3 aromatic carbocycles. The van der Waals surface area contributed by atoms with Gasteiger partial charge >= 0.3 is 0 Å². The number of carbonyl (C=O) groups excluding carboxylic acids is 1. The highest BCUT2D eigenvalue weighted by Crippen LogP contribution is 2.58. The first-order chi connectivity index (χ1) is 23.1. The van der Waals surface area contributed by atoms with Crippen molar-refractivity contribution in [2.24, 2.45) is 5.41 Å². The smallest absolute Gasteiger partial charge is 0.193 e. The van der Waals surface area contributed by atoms with Gasteiger partial charge in [0.15, 0.2) is 5.78 Å². The second-order valence-electron chi connectivity index (χ2n) is 14.5. The fourth-order valence-electron chi connectivity index (χ4n) is 8.10.